The number of halogens is 1. The van der Waals surface area contributed by atoms with Gasteiger partial charge in [0.1, 0.15) is 5.76 Å². The van der Waals surface area contributed by atoms with E-state index in [1.807, 2.05) is 32.0 Å². The van der Waals surface area contributed by atoms with Crippen molar-refractivity contribution in [2.24, 2.45) is 5.10 Å². The van der Waals surface area contributed by atoms with Gasteiger partial charge in [0.15, 0.2) is 4.67 Å². The van der Waals surface area contributed by atoms with Gasteiger partial charge in [-0.1, -0.05) is 11.6 Å². The Morgan fingerprint density at radius 3 is 2.83 bits per heavy atom. The molecule has 1 aromatic carbocycles. The number of nitrogens with one attached hydrogen (secondary N) is 1. The Balaban J connectivity index is 1.88. The zero-order chi connectivity index (χ0) is 16.4. The third-order valence-electron chi connectivity index (χ3n) is 3.29. The second-order valence-corrected chi connectivity index (χ2v) is 5.95. The van der Waals surface area contributed by atoms with E-state index in [2.05, 4.69) is 31.4 Å². The van der Waals surface area contributed by atoms with Gasteiger partial charge in [0.25, 0.3) is 5.91 Å². The number of benzene rings is 1. The van der Waals surface area contributed by atoms with Crippen LogP contribution in [0.25, 0.3) is 10.9 Å². The summed E-state index contributed by atoms with van der Waals surface area (Å²) in [5.74, 6) is 0.261. The highest BCUT2D eigenvalue weighted by Gasteiger charge is 2.11. The lowest BCUT2D eigenvalue weighted by Crippen LogP contribution is -2.18. The normalized spacial score (nSPS) is 11.3. The van der Waals surface area contributed by atoms with Crippen LogP contribution in [0.3, 0.4) is 0 Å². The highest BCUT2D eigenvalue weighted by atomic mass is 79.9. The van der Waals surface area contributed by atoms with Crippen molar-refractivity contribution >= 4 is 39.0 Å². The molecule has 0 bridgehead atoms. The molecule has 116 valence electrons. The number of hydrogen-bond acceptors (Lipinski definition) is 4. The number of aromatic nitrogens is 1. The summed E-state index contributed by atoms with van der Waals surface area (Å²) in [4.78, 5) is 16.9. The van der Waals surface area contributed by atoms with Gasteiger partial charge in [-0.2, -0.15) is 5.10 Å². The summed E-state index contributed by atoms with van der Waals surface area (Å²) in [6.45, 7) is 3.84. The first kappa shape index (κ1) is 15.4. The van der Waals surface area contributed by atoms with Crippen LogP contribution in [0.5, 0.6) is 0 Å². The van der Waals surface area contributed by atoms with Crippen LogP contribution in [0.15, 0.2) is 50.6 Å². The third-order valence-corrected chi connectivity index (χ3v) is 3.71. The predicted octanol–water partition coefficient (Wildman–Crippen LogP) is 3.97. The van der Waals surface area contributed by atoms with Crippen molar-refractivity contribution in [3.63, 3.8) is 0 Å². The molecule has 2 heterocycles. The van der Waals surface area contributed by atoms with Crippen molar-refractivity contribution in [3.05, 3.63) is 63.6 Å². The van der Waals surface area contributed by atoms with Crippen molar-refractivity contribution in [2.75, 3.05) is 0 Å². The van der Waals surface area contributed by atoms with E-state index >= 15 is 0 Å². The Morgan fingerprint density at radius 2 is 2.09 bits per heavy atom. The second-order valence-electron chi connectivity index (χ2n) is 5.17. The van der Waals surface area contributed by atoms with Crippen LogP contribution < -0.4 is 5.43 Å². The molecule has 3 rings (SSSR count). The lowest BCUT2D eigenvalue weighted by atomic mass is 10.1. The summed E-state index contributed by atoms with van der Waals surface area (Å²) >= 11 is 3.21. The first-order chi connectivity index (χ1) is 11.0. The van der Waals surface area contributed by atoms with Gasteiger partial charge in [0.2, 0.25) is 0 Å². The maximum atomic E-state index is 12.4. The average Bonchev–Trinajstić information content (AvgIpc) is 2.92. The summed E-state index contributed by atoms with van der Waals surface area (Å²) in [5.41, 5.74) is 5.72. The van der Waals surface area contributed by atoms with Crippen LogP contribution in [0, 0.1) is 13.8 Å². The quantitative estimate of drug-likeness (QED) is 0.559. The number of nitrogens with zero attached hydrogens (tertiary/aromatic N) is 2. The lowest BCUT2D eigenvalue weighted by molar-refractivity contribution is 0.0956. The number of aryl methyl sites for hydroxylation is 2. The van der Waals surface area contributed by atoms with Gasteiger partial charge < -0.3 is 4.42 Å². The molecule has 23 heavy (non-hydrogen) atoms. The number of rotatable bonds is 3. The van der Waals surface area contributed by atoms with Crippen molar-refractivity contribution in [1.82, 2.24) is 10.4 Å². The van der Waals surface area contributed by atoms with Gasteiger partial charge in [0, 0.05) is 11.1 Å². The Labute approximate surface area is 141 Å². The monoisotopic (exact) mass is 371 g/mol. The summed E-state index contributed by atoms with van der Waals surface area (Å²) < 4.78 is 5.89. The molecule has 5 nitrogen and oxygen atoms in total. The van der Waals surface area contributed by atoms with Gasteiger partial charge in [-0.3, -0.25) is 9.78 Å². The molecule has 0 saturated carbocycles. The summed E-state index contributed by atoms with van der Waals surface area (Å²) in [6, 6.07) is 11.1. The molecule has 1 N–H and O–H groups in total. The number of carbonyl (C=O) groups excluding carboxylic acids is 1. The Kier molecular flexibility index (Phi) is 4.25. The van der Waals surface area contributed by atoms with Crippen molar-refractivity contribution in [2.45, 2.75) is 13.8 Å². The van der Waals surface area contributed by atoms with Crippen LogP contribution in [-0.4, -0.2) is 17.1 Å². The zero-order valence-electron chi connectivity index (χ0n) is 12.6. The molecule has 3 aromatic rings. The van der Waals surface area contributed by atoms with E-state index in [1.54, 1.807) is 18.2 Å². The summed E-state index contributed by atoms with van der Waals surface area (Å²) in [5, 5.41) is 4.74. The molecular formula is C17H14BrN3O2. The van der Waals surface area contributed by atoms with E-state index in [-0.39, 0.29) is 5.91 Å². The molecule has 0 spiro atoms. The Bertz CT molecular complexity index is 915. The van der Waals surface area contributed by atoms with Gasteiger partial charge in [0.05, 0.1) is 17.3 Å². The van der Waals surface area contributed by atoms with E-state index < -0.39 is 0 Å². The number of amides is 1. The predicted molar refractivity (Wildman–Crippen MR) is 92.7 cm³/mol. The van der Waals surface area contributed by atoms with Crippen molar-refractivity contribution < 1.29 is 9.21 Å². The first-order valence-corrected chi connectivity index (χ1v) is 7.79. The smallest absolute Gasteiger partial charge is 0.272 e. The zero-order valence-corrected chi connectivity index (χ0v) is 14.2. The van der Waals surface area contributed by atoms with Gasteiger partial charge >= 0.3 is 0 Å². The number of hydrogen-bond donors (Lipinski definition) is 1. The molecule has 0 aliphatic rings. The minimum absolute atomic E-state index is 0.284. The molecule has 0 aliphatic carbocycles. The fraction of sp³-hybridized carbons (Fsp3) is 0.118. The van der Waals surface area contributed by atoms with E-state index in [9.17, 15) is 4.79 Å². The molecule has 0 atom stereocenters. The van der Waals surface area contributed by atoms with Crippen LogP contribution >= 0.6 is 15.9 Å². The third kappa shape index (κ3) is 3.48. The van der Waals surface area contributed by atoms with Gasteiger partial charge in [-0.15, -0.1) is 0 Å². The molecule has 1 amide bonds. The minimum atomic E-state index is -0.284. The summed E-state index contributed by atoms with van der Waals surface area (Å²) in [6.07, 6.45) is 1.45. The Morgan fingerprint density at radius 1 is 1.26 bits per heavy atom. The topological polar surface area (TPSA) is 67.5 Å². The highest BCUT2D eigenvalue weighted by molar-refractivity contribution is 9.10. The van der Waals surface area contributed by atoms with E-state index in [0.717, 1.165) is 22.2 Å². The number of carbonyl (C=O) groups is 1. The molecule has 2 aromatic heterocycles. The molecule has 0 radical (unpaired) electrons. The highest BCUT2D eigenvalue weighted by Crippen LogP contribution is 2.20. The van der Waals surface area contributed by atoms with E-state index in [0.29, 0.717) is 16.0 Å². The second kappa shape index (κ2) is 6.34. The lowest BCUT2D eigenvalue weighted by Gasteiger charge is -2.07. The SMILES string of the molecule is Cc1ccc2nc(C)cc(C(=O)NN=Cc3ccc(Br)o3)c2c1. The van der Waals surface area contributed by atoms with Crippen LogP contribution in [-0.2, 0) is 0 Å². The van der Waals surface area contributed by atoms with Crippen LogP contribution in [0.2, 0.25) is 0 Å². The molecule has 0 saturated heterocycles. The maximum absolute atomic E-state index is 12.4. The number of fused-ring (bicyclic) bond motifs is 1. The molecule has 0 aliphatic heterocycles. The standard InChI is InChI=1S/C17H14BrN3O2/c1-10-3-5-15-13(7-10)14(8-11(2)20-15)17(22)21-19-9-12-4-6-16(18)23-12/h3-9H,1-2H3,(H,21,22). The van der Waals surface area contributed by atoms with E-state index in [4.69, 9.17) is 4.42 Å². The minimum Gasteiger partial charge on any atom is -0.448 e. The maximum Gasteiger partial charge on any atom is 0.272 e. The van der Waals surface area contributed by atoms with Crippen molar-refractivity contribution in [3.8, 4) is 0 Å². The molecular weight excluding hydrogens is 358 g/mol. The number of hydrazone groups is 1. The van der Waals surface area contributed by atoms with Gasteiger partial charge in [-0.25, -0.2) is 5.43 Å². The van der Waals surface area contributed by atoms with Crippen molar-refractivity contribution in [1.29, 1.82) is 0 Å². The summed E-state index contributed by atoms with van der Waals surface area (Å²) in [7, 11) is 0. The van der Waals surface area contributed by atoms with E-state index in [1.165, 1.54) is 6.21 Å². The molecule has 0 unspecified atom stereocenters. The largest absolute Gasteiger partial charge is 0.448 e. The van der Waals surface area contributed by atoms with Gasteiger partial charge in [-0.05, 0) is 60.1 Å². The fourth-order valence-corrected chi connectivity index (χ4v) is 2.59. The Hall–Kier alpha value is -2.47. The average molecular weight is 372 g/mol. The van der Waals surface area contributed by atoms with Crippen LogP contribution in [0.1, 0.15) is 27.4 Å². The number of pyridine rings is 1. The fourth-order valence-electron chi connectivity index (χ4n) is 2.27. The van der Waals surface area contributed by atoms with Crippen LogP contribution in [0.4, 0.5) is 0 Å². The molecule has 0 fully saturated rings. The number of furan rings is 1. The first-order valence-electron chi connectivity index (χ1n) is 7.00. The molecule has 6 heteroatoms.